The Morgan fingerprint density at radius 3 is 1.89 bits per heavy atom. The average molecular weight is 290 g/mol. The quantitative estimate of drug-likeness (QED) is 0.480. The van der Waals surface area contributed by atoms with E-state index >= 15 is 0 Å². The van der Waals surface area contributed by atoms with E-state index in [9.17, 15) is 31.5 Å². The highest BCUT2D eigenvalue weighted by Crippen LogP contribution is 2.41. The molecule has 0 radical (unpaired) electrons. The van der Waals surface area contributed by atoms with E-state index in [0.717, 1.165) is 13.8 Å². The molecule has 0 aromatic rings. The number of ether oxygens (including phenoxy) is 1. The first-order chi connectivity index (χ1) is 8.39. The summed E-state index contributed by atoms with van der Waals surface area (Å²) >= 11 is 0. The molecule has 0 aliphatic carbocycles. The van der Waals surface area contributed by atoms with Crippen LogP contribution in [-0.4, -0.2) is 35.2 Å². The number of alkyl halides is 5. The fraction of sp³-hybridized carbons (Fsp3) is 0.600. The minimum absolute atomic E-state index is 0.254. The second-order valence-electron chi connectivity index (χ2n) is 3.89. The molecule has 1 unspecified atom stereocenters. The molecule has 0 saturated carbocycles. The molecule has 0 amide bonds. The molecule has 0 aliphatic heterocycles. The number of halogens is 5. The molecule has 0 aliphatic rings. The van der Waals surface area contributed by atoms with Crippen LogP contribution in [0, 0.1) is 5.92 Å². The normalized spacial score (nSPS) is 14.7. The van der Waals surface area contributed by atoms with E-state index in [0.29, 0.717) is 0 Å². The Morgan fingerprint density at radius 1 is 1.11 bits per heavy atom. The summed E-state index contributed by atoms with van der Waals surface area (Å²) in [6.07, 6.45) is -8.09. The van der Waals surface area contributed by atoms with Crippen molar-refractivity contribution in [1.29, 1.82) is 0 Å². The molecule has 0 spiro atoms. The second-order valence-corrected chi connectivity index (χ2v) is 3.89. The van der Waals surface area contributed by atoms with Gasteiger partial charge in [0.2, 0.25) is 0 Å². The molecule has 110 valence electrons. The smallest absolute Gasteiger partial charge is 0.457 e. The number of esters is 1. The molecule has 4 nitrogen and oxygen atoms in total. The van der Waals surface area contributed by atoms with Gasteiger partial charge in [-0.15, -0.1) is 0 Å². The predicted molar refractivity (Wildman–Crippen MR) is 52.5 cm³/mol. The second kappa shape index (κ2) is 5.98. The number of hydrogen-bond acceptors (Lipinski definition) is 3. The van der Waals surface area contributed by atoms with Crippen molar-refractivity contribution >= 4 is 11.9 Å². The lowest BCUT2D eigenvalue weighted by Crippen LogP contribution is -2.51. The van der Waals surface area contributed by atoms with Gasteiger partial charge in [-0.3, -0.25) is 0 Å². The Bertz CT molecular complexity index is 373. The number of carboxylic acid groups (broad SMARTS) is 1. The van der Waals surface area contributed by atoms with Crippen molar-refractivity contribution in [3.05, 3.63) is 12.2 Å². The standard InChI is InChI=1S/C10H11F5O4/c1-5(2)8(9(11,12)10(13,14)15)19-7(18)4-3-6(16)17/h3-5,8H,1-2H3,(H,16,17). The summed E-state index contributed by atoms with van der Waals surface area (Å²) in [6, 6.07) is 0. The van der Waals surface area contributed by atoms with Crippen LogP contribution in [-0.2, 0) is 14.3 Å². The molecule has 9 heteroatoms. The Balaban J connectivity index is 5.06. The van der Waals surface area contributed by atoms with Crippen LogP contribution in [0.4, 0.5) is 22.0 Å². The maximum Gasteiger partial charge on any atom is 0.457 e. The highest BCUT2D eigenvalue weighted by molar-refractivity contribution is 5.90. The summed E-state index contributed by atoms with van der Waals surface area (Å²) in [4.78, 5) is 21.0. The van der Waals surface area contributed by atoms with E-state index in [1.807, 2.05) is 0 Å². The molecule has 0 bridgehead atoms. The number of aliphatic carboxylic acids is 1. The van der Waals surface area contributed by atoms with Crippen molar-refractivity contribution in [2.75, 3.05) is 0 Å². The monoisotopic (exact) mass is 290 g/mol. The minimum atomic E-state index is -5.88. The van der Waals surface area contributed by atoms with Crippen molar-refractivity contribution in [2.24, 2.45) is 5.92 Å². The van der Waals surface area contributed by atoms with E-state index in [-0.39, 0.29) is 12.2 Å². The van der Waals surface area contributed by atoms with Crippen LogP contribution in [0.5, 0.6) is 0 Å². The lowest BCUT2D eigenvalue weighted by molar-refractivity contribution is -0.319. The Hall–Kier alpha value is -1.67. The zero-order valence-electron chi connectivity index (χ0n) is 9.87. The van der Waals surface area contributed by atoms with Crippen molar-refractivity contribution < 1.29 is 41.4 Å². The predicted octanol–water partition coefficient (Wildman–Crippen LogP) is 2.39. The first-order valence-corrected chi connectivity index (χ1v) is 4.95. The molecular formula is C10H11F5O4. The molecule has 0 aromatic carbocycles. The lowest BCUT2D eigenvalue weighted by atomic mass is 10.0. The van der Waals surface area contributed by atoms with Crippen LogP contribution in [0.25, 0.3) is 0 Å². The van der Waals surface area contributed by atoms with Crippen LogP contribution < -0.4 is 0 Å². The van der Waals surface area contributed by atoms with Gasteiger partial charge in [-0.25, -0.2) is 9.59 Å². The fourth-order valence-corrected chi connectivity index (χ4v) is 1.09. The Kier molecular flexibility index (Phi) is 5.46. The minimum Gasteiger partial charge on any atom is -0.478 e. The van der Waals surface area contributed by atoms with Gasteiger partial charge in [0, 0.05) is 12.2 Å². The number of carboxylic acids is 1. The molecule has 0 saturated heterocycles. The molecule has 1 atom stereocenters. The molecular weight excluding hydrogens is 279 g/mol. The Labute approximate surface area is 104 Å². The van der Waals surface area contributed by atoms with E-state index in [1.54, 1.807) is 0 Å². The summed E-state index contributed by atoms with van der Waals surface area (Å²) in [5.41, 5.74) is 0. The third-order valence-corrected chi connectivity index (χ3v) is 1.95. The van der Waals surface area contributed by atoms with Crippen LogP contribution >= 0.6 is 0 Å². The van der Waals surface area contributed by atoms with Crippen molar-refractivity contribution in [3.63, 3.8) is 0 Å². The number of hydrogen-bond donors (Lipinski definition) is 1. The zero-order chi connectivity index (χ0) is 15.4. The molecule has 0 fully saturated rings. The highest BCUT2D eigenvalue weighted by atomic mass is 19.4. The van der Waals surface area contributed by atoms with Crippen LogP contribution in [0.3, 0.4) is 0 Å². The van der Waals surface area contributed by atoms with Gasteiger partial charge in [-0.05, 0) is 5.92 Å². The summed E-state index contributed by atoms with van der Waals surface area (Å²) < 4.78 is 66.6. The third-order valence-electron chi connectivity index (χ3n) is 1.95. The number of carbonyl (C=O) groups excluding carboxylic acids is 1. The van der Waals surface area contributed by atoms with Gasteiger partial charge >= 0.3 is 24.0 Å². The average Bonchev–Trinajstić information content (AvgIpc) is 2.20. The van der Waals surface area contributed by atoms with Crippen molar-refractivity contribution in [2.45, 2.75) is 32.1 Å². The van der Waals surface area contributed by atoms with Gasteiger partial charge < -0.3 is 9.84 Å². The summed E-state index contributed by atoms with van der Waals surface area (Å²) in [6.45, 7) is 2.02. The van der Waals surface area contributed by atoms with Gasteiger partial charge in [-0.2, -0.15) is 22.0 Å². The SMILES string of the molecule is CC(C)C(OC(=O)C=CC(=O)O)C(F)(F)C(F)(F)F. The van der Waals surface area contributed by atoms with E-state index in [2.05, 4.69) is 4.74 Å². The Morgan fingerprint density at radius 2 is 1.58 bits per heavy atom. The van der Waals surface area contributed by atoms with E-state index in [4.69, 9.17) is 5.11 Å². The maximum atomic E-state index is 13.1. The maximum absolute atomic E-state index is 13.1. The van der Waals surface area contributed by atoms with Crippen molar-refractivity contribution in [1.82, 2.24) is 0 Å². The van der Waals surface area contributed by atoms with Gasteiger partial charge in [0.1, 0.15) is 0 Å². The van der Waals surface area contributed by atoms with E-state index < -0.39 is 36.1 Å². The van der Waals surface area contributed by atoms with E-state index in [1.165, 1.54) is 0 Å². The summed E-state index contributed by atoms with van der Waals surface area (Å²) in [5.74, 6) is -9.71. The zero-order valence-corrected chi connectivity index (χ0v) is 9.87. The fourth-order valence-electron chi connectivity index (χ4n) is 1.09. The van der Waals surface area contributed by atoms with Gasteiger partial charge in [0.25, 0.3) is 0 Å². The number of carbonyl (C=O) groups is 2. The topological polar surface area (TPSA) is 63.6 Å². The summed E-state index contributed by atoms with van der Waals surface area (Å²) in [5, 5.41) is 8.17. The van der Waals surface area contributed by atoms with Gasteiger partial charge in [0.15, 0.2) is 6.10 Å². The molecule has 0 heterocycles. The first kappa shape index (κ1) is 17.3. The largest absolute Gasteiger partial charge is 0.478 e. The molecule has 1 N–H and O–H groups in total. The molecule has 0 rings (SSSR count). The number of rotatable bonds is 5. The van der Waals surface area contributed by atoms with Gasteiger partial charge in [-0.1, -0.05) is 13.8 Å². The third kappa shape index (κ3) is 4.84. The van der Waals surface area contributed by atoms with Crippen LogP contribution in [0.15, 0.2) is 12.2 Å². The summed E-state index contributed by atoms with van der Waals surface area (Å²) in [7, 11) is 0. The highest BCUT2D eigenvalue weighted by Gasteiger charge is 2.64. The first-order valence-electron chi connectivity index (χ1n) is 4.95. The van der Waals surface area contributed by atoms with Crippen LogP contribution in [0.2, 0.25) is 0 Å². The van der Waals surface area contributed by atoms with Crippen LogP contribution in [0.1, 0.15) is 13.8 Å². The van der Waals surface area contributed by atoms with Crippen molar-refractivity contribution in [3.8, 4) is 0 Å². The molecule has 0 aromatic heterocycles. The van der Waals surface area contributed by atoms with Gasteiger partial charge in [0.05, 0.1) is 0 Å². The molecule has 19 heavy (non-hydrogen) atoms. The lowest BCUT2D eigenvalue weighted by Gasteiger charge is -2.30.